The van der Waals surface area contributed by atoms with Crippen LogP contribution in [0.3, 0.4) is 0 Å². The van der Waals surface area contributed by atoms with Crippen molar-refractivity contribution in [1.29, 1.82) is 0 Å². The number of unbranched alkanes of at least 4 members (excludes halogenated alkanes) is 1. The summed E-state index contributed by atoms with van der Waals surface area (Å²) in [5.41, 5.74) is 0.637. The molecule has 1 aromatic carbocycles. The molecule has 1 fully saturated rings. The van der Waals surface area contributed by atoms with Crippen molar-refractivity contribution in [2.75, 3.05) is 6.61 Å². The van der Waals surface area contributed by atoms with E-state index in [1.807, 2.05) is 39.0 Å². The van der Waals surface area contributed by atoms with E-state index in [9.17, 15) is 9.90 Å². The van der Waals surface area contributed by atoms with Crippen LogP contribution in [0.2, 0.25) is 0 Å². The highest BCUT2D eigenvalue weighted by Crippen LogP contribution is 2.36. The molecule has 0 amide bonds. The van der Waals surface area contributed by atoms with Gasteiger partial charge in [0.05, 0.1) is 18.1 Å². The van der Waals surface area contributed by atoms with Crippen molar-refractivity contribution < 1.29 is 19.4 Å². The van der Waals surface area contributed by atoms with Crippen LogP contribution in [0.1, 0.15) is 83.8 Å². The summed E-state index contributed by atoms with van der Waals surface area (Å²) >= 11 is 0. The van der Waals surface area contributed by atoms with E-state index in [0.717, 1.165) is 37.7 Å². The molecule has 0 saturated heterocycles. The highest BCUT2D eigenvalue weighted by atomic mass is 16.6. The fourth-order valence-electron chi connectivity index (χ4n) is 3.26. The van der Waals surface area contributed by atoms with E-state index >= 15 is 0 Å². The molecular weight excluding hydrogens is 328 g/mol. The van der Waals surface area contributed by atoms with Gasteiger partial charge in [-0.25, -0.2) is 0 Å². The van der Waals surface area contributed by atoms with E-state index in [2.05, 4.69) is 12.1 Å². The van der Waals surface area contributed by atoms with E-state index in [-0.39, 0.29) is 12.1 Å². The third kappa shape index (κ3) is 6.73. The van der Waals surface area contributed by atoms with Gasteiger partial charge in [-0.3, -0.25) is 4.79 Å². The first-order valence-corrected chi connectivity index (χ1v) is 9.93. The molecule has 0 bridgehead atoms. The zero-order chi connectivity index (χ0) is 19.0. The summed E-state index contributed by atoms with van der Waals surface area (Å²) in [5.74, 6) is -1.16. The first kappa shape index (κ1) is 20.9. The van der Waals surface area contributed by atoms with Gasteiger partial charge in [-0.05, 0) is 58.4 Å². The topological polar surface area (TPSA) is 55.8 Å². The van der Waals surface area contributed by atoms with Crippen LogP contribution >= 0.6 is 0 Å². The number of hydrogen-bond acceptors (Lipinski definition) is 4. The summed E-state index contributed by atoms with van der Waals surface area (Å²) in [5, 5.41) is 10.8. The van der Waals surface area contributed by atoms with Crippen LogP contribution in [0.15, 0.2) is 30.3 Å². The lowest BCUT2D eigenvalue weighted by Gasteiger charge is -2.36. The van der Waals surface area contributed by atoms with Gasteiger partial charge in [-0.2, -0.15) is 0 Å². The molecule has 0 radical (unpaired) electrons. The third-order valence-corrected chi connectivity index (χ3v) is 4.87. The van der Waals surface area contributed by atoms with Crippen LogP contribution < -0.4 is 0 Å². The number of hydrogen-bond donors (Lipinski definition) is 1. The Hall–Kier alpha value is -1.39. The molecular formula is C22H34O4. The molecule has 1 atom stereocenters. The fraction of sp³-hybridized carbons (Fsp3) is 0.682. The van der Waals surface area contributed by atoms with Gasteiger partial charge in [0, 0.05) is 12.8 Å². The Bertz CT molecular complexity index is 541. The molecule has 1 aliphatic rings. The minimum absolute atomic E-state index is 0.127. The number of aliphatic hydroxyl groups is 1. The quantitative estimate of drug-likeness (QED) is 0.394. The summed E-state index contributed by atoms with van der Waals surface area (Å²) in [6.07, 6.45) is 6.97. The van der Waals surface area contributed by atoms with Crippen LogP contribution in [0.4, 0.5) is 0 Å². The maximum absolute atomic E-state index is 11.8. The Morgan fingerprint density at radius 2 is 1.77 bits per heavy atom. The smallest absolute Gasteiger partial charge is 0.311 e. The molecule has 1 aromatic rings. The van der Waals surface area contributed by atoms with Gasteiger partial charge < -0.3 is 14.6 Å². The van der Waals surface area contributed by atoms with E-state index in [4.69, 9.17) is 9.47 Å². The van der Waals surface area contributed by atoms with Crippen molar-refractivity contribution >= 4 is 5.97 Å². The predicted octanol–water partition coefficient (Wildman–Crippen LogP) is 5.16. The minimum atomic E-state index is -1.00. The van der Waals surface area contributed by atoms with Crippen LogP contribution in [-0.2, 0) is 14.3 Å². The van der Waals surface area contributed by atoms with E-state index in [0.29, 0.717) is 19.4 Å². The first-order valence-electron chi connectivity index (χ1n) is 9.93. The molecule has 26 heavy (non-hydrogen) atoms. The van der Waals surface area contributed by atoms with E-state index < -0.39 is 11.2 Å². The molecule has 0 aliphatic heterocycles. The normalized spacial score (nSPS) is 18.3. The molecule has 1 N–H and O–H groups in total. The van der Waals surface area contributed by atoms with Gasteiger partial charge in [-0.1, -0.05) is 36.8 Å². The monoisotopic (exact) mass is 362 g/mol. The second-order valence-electron chi connectivity index (χ2n) is 8.41. The van der Waals surface area contributed by atoms with Crippen LogP contribution in [-0.4, -0.2) is 23.5 Å². The highest BCUT2D eigenvalue weighted by molar-refractivity contribution is 5.75. The number of rotatable bonds is 8. The van der Waals surface area contributed by atoms with Gasteiger partial charge in [0.25, 0.3) is 0 Å². The lowest BCUT2D eigenvalue weighted by molar-refractivity contribution is -0.248. The minimum Gasteiger partial charge on any atom is -0.465 e. The van der Waals surface area contributed by atoms with Gasteiger partial charge in [-0.15, -0.1) is 0 Å². The molecule has 146 valence electrons. The predicted molar refractivity (Wildman–Crippen MR) is 103 cm³/mol. The highest BCUT2D eigenvalue weighted by Gasteiger charge is 2.33. The summed E-state index contributed by atoms with van der Waals surface area (Å²) < 4.78 is 11.5. The second kappa shape index (κ2) is 9.52. The van der Waals surface area contributed by atoms with E-state index in [1.165, 1.54) is 6.42 Å². The molecule has 0 aromatic heterocycles. The summed E-state index contributed by atoms with van der Waals surface area (Å²) in [6, 6.07) is 10.1. The molecule has 0 heterocycles. The molecule has 4 heteroatoms. The van der Waals surface area contributed by atoms with Crippen LogP contribution in [0.5, 0.6) is 0 Å². The maximum atomic E-state index is 11.8. The zero-order valence-electron chi connectivity index (χ0n) is 16.5. The van der Waals surface area contributed by atoms with Crippen LogP contribution in [0.25, 0.3) is 0 Å². The standard InChI is InChI=1S/C22H34O4/c1-21(2,3)20(23)25-17-11-8-14-19(18-12-6-4-7-13-18)26-22(24)15-9-5-10-16-22/h4,6-7,12-13,19,24H,5,8-11,14-17H2,1-3H3. The SMILES string of the molecule is CC(C)(C)C(=O)OCCCCC(OC1(O)CCCCC1)c1ccccc1. The lowest BCUT2D eigenvalue weighted by Crippen LogP contribution is -2.36. The third-order valence-electron chi connectivity index (χ3n) is 4.87. The van der Waals surface area contributed by atoms with Crippen molar-refractivity contribution in [3.8, 4) is 0 Å². The van der Waals surface area contributed by atoms with Crippen molar-refractivity contribution in [3.63, 3.8) is 0 Å². The average molecular weight is 363 g/mol. The van der Waals surface area contributed by atoms with Gasteiger partial charge in [0.2, 0.25) is 0 Å². The second-order valence-corrected chi connectivity index (χ2v) is 8.41. The Balaban J connectivity index is 1.86. The number of carbonyl (C=O) groups excluding carboxylic acids is 1. The molecule has 2 rings (SSSR count). The number of carbonyl (C=O) groups is 1. The average Bonchev–Trinajstić information content (AvgIpc) is 2.60. The Morgan fingerprint density at radius 3 is 2.38 bits per heavy atom. The molecule has 1 unspecified atom stereocenters. The largest absolute Gasteiger partial charge is 0.465 e. The number of benzene rings is 1. The Labute approximate surface area is 157 Å². The van der Waals surface area contributed by atoms with Gasteiger partial charge in [0.15, 0.2) is 5.79 Å². The molecule has 1 aliphatic carbocycles. The van der Waals surface area contributed by atoms with Crippen LogP contribution in [0, 0.1) is 5.41 Å². The lowest BCUT2D eigenvalue weighted by atomic mass is 9.93. The number of esters is 1. The van der Waals surface area contributed by atoms with Crippen molar-refractivity contribution in [3.05, 3.63) is 35.9 Å². The number of ether oxygens (including phenoxy) is 2. The summed E-state index contributed by atoms with van der Waals surface area (Å²) in [4.78, 5) is 11.8. The Morgan fingerprint density at radius 1 is 1.12 bits per heavy atom. The van der Waals surface area contributed by atoms with Gasteiger partial charge >= 0.3 is 5.97 Å². The van der Waals surface area contributed by atoms with Crippen molar-refractivity contribution in [1.82, 2.24) is 0 Å². The summed E-state index contributed by atoms with van der Waals surface area (Å²) in [7, 11) is 0. The van der Waals surface area contributed by atoms with Gasteiger partial charge in [0.1, 0.15) is 0 Å². The molecule has 0 spiro atoms. The van der Waals surface area contributed by atoms with E-state index in [1.54, 1.807) is 0 Å². The Kier molecular flexibility index (Phi) is 7.66. The van der Waals surface area contributed by atoms with Crippen molar-refractivity contribution in [2.24, 2.45) is 5.41 Å². The summed E-state index contributed by atoms with van der Waals surface area (Å²) in [6.45, 7) is 6.01. The van der Waals surface area contributed by atoms with Crippen molar-refractivity contribution in [2.45, 2.75) is 84.0 Å². The molecule has 4 nitrogen and oxygen atoms in total. The fourth-order valence-corrected chi connectivity index (χ4v) is 3.26. The molecule has 1 saturated carbocycles. The maximum Gasteiger partial charge on any atom is 0.311 e. The first-order chi connectivity index (χ1) is 12.3. The zero-order valence-corrected chi connectivity index (χ0v) is 16.5.